The largest absolute Gasteiger partial charge is 0.416 e. The van der Waals surface area contributed by atoms with Crippen molar-refractivity contribution in [2.75, 3.05) is 6.54 Å². The maximum atomic E-state index is 13.1. The number of hydrogen-bond acceptors (Lipinski definition) is 3. The summed E-state index contributed by atoms with van der Waals surface area (Å²) in [5, 5.41) is 0.722. The molecule has 8 heteroatoms. The Hall–Kier alpha value is -2.38. The van der Waals surface area contributed by atoms with Crippen LogP contribution in [0.3, 0.4) is 0 Å². The monoisotopic (exact) mass is 492 g/mol. The summed E-state index contributed by atoms with van der Waals surface area (Å²) in [4.78, 5) is 14.8. The van der Waals surface area contributed by atoms with Crippen molar-refractivity contribution < 1.29 is 18.0 Å². The van der Waals surface area contributed by atoms with Gasteiger partial charge in [0.1, 0.15) is 0 Å². The number of halogens is 5. The SMILES string of the molecule is N[C@H](c1cccc(C(F)(F)F)c1)[C@@H]1CCN1Cc1c(Cl)cc(C(=O)c2ccccc2)cc1Cl. The lowest BCUT2D eigenvalue weighted by Gasteiger charge is -2.44. The van der Waals surface area contributed by atoms with E-state index in [0.29, 0.717) is 45.4 Å². The fraction of sp³-hybridized carbons (Fsp3) is 0.240. The van der Waals surface area contributed by atoms with Crippen LogP contribution in [-0.4, -0.2) is 23.3 Å². The highest BCUT2D eigenvalue weighted by Crippen LogP contribution is 2.36. The number of rotatable bonds is 6. The van der Waals surface area contributed by atoms with Crippen molar-refractivity contribution in [1.29, 1.82) is 0 Å². The first-order valence-corrected chi connectivity index (χ1v) is 11.1. The Kier molecular flexibility index (Phi) is 6.82. The third kappa shape index (κ3) is 5.09. The van der Waals surface area contributed by atoms with Gasteiger partial charge < -0.3 is 5.73 Å². The summed E-state index contributed by atoms with van der Waals surface area (Å²) in [5.41, 5.74) is 7.64. The number of nitrogens with two attached hydrogens (primary N) is 1. The Labute approximate surface area is 199 Å². The highest BCUT2D eigenvalue weighted by Gasteiger charge is 2.36. The third-order valence-electron chi connectivity index (χ3n) is 5.99. The van der Waals surface area contributed by atoms with Crippen molar-refractivity contribution >= 4 is 29.0 Å². The van der Waals surface area contributed by atoms with Gasteiger partial charge in [0.2, 0.25) is 0 Å². The van der Waals surface area contributed by atoms with E-state index in [1.165, 1.54) is 6.07 Å². The Bertz CT molecular complexity index is 1140. The van der Waals surface area contributed by atoms with E-state index in [1.54, 1.807) is 42.5 Å². The van der Waals surface area contributed by atoms with Crippen LogP contribution in [0.2, 0.25) is 10.0 Å². The fourth-order valence-electron chi connectivity index (χ4n) is 4.05. The summed E-state index contributed by atoms with van der Waals surface area (Å²) >= 11 is 13.0. The molecule has 0 bridgehead atoms. The molecule has 1 saturated heterocycles. The summed E-state index contributed by atoms with van der Waals surface area (Å²) in [7, 11) is 0. The van der Waals surface area contributed by atoms with Crippen LogP contribution in [0.4, 0.5) is 13.2 Å². The molecule has 0 spiro atoms. The maximum Gasteiger partial charge on any atom is 0.416 e. The van der Waals surface area contributed by atoms with Gasteiger partial charge in [0.15, 0.2) is 5.78 Å². The molecule has 4 rings (SSSR count). The van der Waals surface area contributed by atoms with Crippen LogP contribution in [0.5, 0.6) is 0 Å². The molecular formula is C25H21Cl2F3N2O. The third-order valence-corrected chi connectivity index (χ3v) is 6.67. The minimum atomic E-state index is -4.42. The molecular weight excluding hydrogens is 472 g/mol. The molecule has 0 aromatic heterocycles. The average Bonchev–Trinajstić information content (AvgIpc) is 2.77. The quantitative estimate of drug-likeness (QED) is 0.398. The number of alkyl halides is 3. The number of carbonyl (C=O) groups excluding carboxylic acids is 1. The van der Waals surface area contributed by atoms with E-state index in [9.17, 15) is 18.0 Å². The number of likely N-dealkylation sites (tertiary alicyclic amines) is 1. The molecule has 1 fully saturated rings. The highest BCUT2D eigenvalue weighted by atomic mass is 35.5. The Morgan fingerprint density at radius 1 is 1.00 bits per heavy atom. The molecule has 172 valence electrons. The topological polar surface area (TPSA) is 46.3 Å². The standard InChI is InChI=1S/C25H21Cl2F3N2O/c26-20-12-17(24(33)15-5-2-1-3-6-15)13-21(27)19(20)14-32-10-9-22(32)23(31)16-7-4-8-18(11-16)25(28,29)30/h1-8,11-13,22-23H,9-10,14,31H2/t22-,23+/m0/s1. The zero-order valence-corrected chi connectivity index (χ0v) is 19.0. The van der Waals surface area contributed by atoms with E-state index >= 15 is 0 Å². The number of hydrogen-bond donors (Lipinski definition) is 1. The van der Waals surface area contributed by atoms with Gasteiger partial charge in [-0.3, -0.25) is 9.69 Å². The van der Waals surface area contributed by atoms with Gasteiger partial charge in [-0.05, 0) is 36.2 Å². The minimum Gasteiger partial charge on any atom is -0.323 e. The summed E-state index contributed by atoms with van der Waals surface area (Å²) in [6.07, 6.45) is -3.67. The summed E-state index contributed by atoms with van der Waals surface area (Å²) in [6.45, 7) is 1.10. The van der Waals surface area contributed by atoms with Crippen LogP contribution in [0, 0.1) is 0 Å². The van der Waals surface area contributed by atoms with Gasteiger partial charge in [-0.15, -0.1) is 0 Å². The van der Waals surface area contributed by atoms with Crippen molar-refractivity contribution in [1.82, 2.24) is 4.90 Å². The van der Waals surface area contributed by atoms with Gasteiger partial charge in [0.25, 0.3) is 0 Å². The zero-order valence-electron chi connectivity index (χ0n) is 17.4. The molecule has 3 nitrogen and oxygen atoms in total. The number of carbonyl (C=O) groups is 1. The highest BCUT2D eigenvalue weighted by molar-refractivity contribution is 6.36. The molecule has 3 aromatic rings. The van der Waals surface area contributed by atoms with E-state index in [0.717, 1.165) is 18.6 Å². The molecule has 0 radical (unpaired) electrons. The first kappa shape index (κ1) is 23.8. The van der Waals surface area contributed by atoms with Gasteiger partial charge in [0, 0.05) is 51.9 Å². The van der Waals surface area contributed by atoms with E-state index < -0.39 is 17.8 Å². The number of benzene rings is 3. The molecule has 1 aliphatic rings. The molecule has 3 aromatic carbocycles. The summed E-state index contributed by atoms with van der Waals surface area (Å²) in [5.74, 6) is -0.181. The lowest BCUT2D eigenvalue weighted by Crippen LogP contribution is -2.52. The molecule has 0 saturated carbocycles. The first-order valence-electron chi connectivity index (χ1n) is 10.4. The predicted octanol–water partition coefficient (Wildman–Crippen LogP) is 6.52. The van der Waals surface area contributed by atoms with E-state index in [1.807, 2.05) is 11.0 Å². The van der Waals surface area contributed by atoms with Crippen molar-refractivity contribution in [3.8, 4) is 0 Å². The predicted molar refractivity (Wildman–Crippen MR) is 124 cm³/mol. The van der Waals surface area contributed by atoms with Crippen LogP contribution in [0.25, 0.3) is 0 Å². The second-order valence-corrected chi connectivity index (χ2v) is 8.90. The van der Waals surface area contributed by atoms with Crippen LogP contribution in [0.15, 0.2) is 66.7 Å². The average molecular weight is 493 g/mol. The molecule has 2 N–H and O–H groups in total. The van der Waals surface area contributed by atoms with Crippen molar-refractivity contribution in [3.63, 3.8) is 0 Å². The van der Waals surface area contributed by atoms with Crippen LogP contribution in [-0.2, 0) is 12.7 Å². The van der Waals surface area contributed by atoms with E-state index in [-0.39, 0.29) is 11.8 Å². The molecule has 0 unspecified atom stereocenters. The second kappa shape index (κ2) is 9.47. The molecule has 0 amide bonds. The fourth-order valence-corrected chi connectivity index (χ4v) is 4.66. The Morgan fingerprint density at radius 2 is 1.67 bits per heavy atom. The molecule has 33 heavy (non-hydrogen) atoms. The van der Waals surface area contributed by atoms with Gasteiger partial charge in [-0.1, -0.05) is 65.7 Å². The van der Waals surface area contributed by atoms with Gasteiger partial charge in [-0.2, -0.15) is 13.2 Å². The van der Waals surface area contributed by atoms with E-state index in [2.05, 4.69) is 0 Å². The van der Waals surface area contributed by atoms with Crippen molar-refractivity contribution in [2.45, 2.75) is 31.2 Å². The molecule has 0 aliphatic carbocycles. The van der Waals surface area contributed by atoms with Gasteiger partial charge in [-0.25, -0.2) is 0 Å². The van der Waals surface area contributed by atoms with Crippen LogP contribution >= 0.6 is 23.2 Å². The molecule has 1 aliphatic heterocycles. The van der Waals surface area contributed by atoms with Crippen molar-refractivity contribution in [2.24, 2.45) is 5.73 Å². The summed E-state index contributed by atoms with van der Waals surface area (Å²) < 4.78 is 39.2. The zero-order chi connectivity index (χ0) is 23.8. The lowest BCUT2D eigenvalue weighted by atomic mass is 9.89. The smallest absolute Gasteiger partial charge is 0.323 e. The Balaban J connectivity index is 1.51. The van der Waals surface area contributed by atoms with Crippen LogP contribution in [0.1, 0.15) is 45.1 Å². The molecule has 1 heterocycles. The lowest BCUT2D eigenvalue weighted by molar-refractivity contribution is -0.137. The van der Waals surface area contributed by atoms with Crippen molar-refractivity contribution in [3.05, 3.63) is 105 Å². The minimum absolute atomic E-state index is 0.147. The van der Waals surface area contributed by atoms with E-state index in [4.69, 9.17) is 28.9 Å². The maximum absolute atomic E-state index is 13.1. The first-order chi connectivity index (χ1) is 15.6. The number of ketones is 1. The normalized spacial score (nSPS) is 17.5. The Morgan fingerprint density at radius 3 is 2.24 bits per heavy atom. The summed E-state index contributed by atoms with van der Waals surface area (Å²) in [6, 6.07) is 16.4. The van der Waals surface area contributed by atoms with Gasteiger partial charge >= 0.3 is 6.18 Å². The molecule has 2 atom stereocenters. The van der Waals surface area contributed by atoms with Crippen LogP contribution < -0.4 is 5.73 Å². The second-order valence-electron chi connectivity index (χ2n) is 8.09. The number of nitrogens with zero attached hydrogens (tertiary/aromatic N) is 1. The van der Waals surface area contributed by atoms with Gasteiger partial charge in [0.05, 0.1) is 5.56 Å².